The van der Waals surface area contributed by atoms with E-state index in [9.17, 15) is 8.42 Å². The molecule has 0 aliphatic carbocycles. The number of rotatable bonds is 4. The van der Waals surface area contributed by atoms with Crippen molar-refractivity contribution < 1.29 is 8.42 Å². The van der Waals surface area contributed by atoms with Crippen molar-refractivity contribution in [1.29, 1.82) is 0 Å². The lowest BCUT2D eigenvalue weighted by molar-refractivity contribution is 0.583. The van der Waals surface area contributed by atoms with Crippen LogP contribution in [-0.4, -0.2) is 14.6 Å². The Morgan fingerprint density at radius 2 is 1.70 bits per heavy atom. The van der Waals surface area contributed by atoms with Gasteiger partial charge in [0.15, 0.2) is 0 Å². The van der Waals surface area contributed by atoms with Crippen molar-refractivity contribution in [2.45, 2.75) is 25.7 Å². The second-order valence-electron chi connectivity index (χ2n) is 5.22. The molecule has 0 heterocycles. The minimum atomic E-state index is -3.76. The van der Waals surface area contributed by atoms with Gasteiger partial charge in [0.05, 0.1) is 21.2 Å². The van der Waals surface area contributed by atoms with Gasteiger partial charge in [-0.15, -0.1) is 0 Å². The zero-order valence-corrected chi connectivity index (χ0v) is 15.2. The van der Waals surface area contributed by atoms with Crippen LogP contribution < -0.4 is 4.83 Å². The molecule has 2 aromatic carbocycles. The third kappa shape index (κ3) is 4.05. The topological polar surface area (TPSA) is 58.5 Å². The minimum Gasteiger partial charge on any atom is -0.200 e. The molecule has 0 aliphatic rings. The molecule has 2 rings (SSSR count). The lowest BCUT2D eigenvalue weighted by atomic mass is 10.1. The predicted octanol–water partition coefficient (Wildman–Crippen LogP) is 4.23. The van der Waals surface area contributed by atoms with E-state index in [1.54, 1.807) is 32.0 Å². The van der Waals surface area contributed by atoms with Gasteiger partial charge in [-0.3, -0.25) is 0 Å². The van der Waals surface area contributed by atoms with Crippen molar-refractivity contribution in [3.05, 3.63) is 62.6 Å². The highest BCUT2D eigenvalue weighted by Gasteiger charge is 2.19. The van der Waals surface area contributed by atoms with E-state index in [2.05, 4.69) is 9.93 Å². The quantitative estimate of drug-likeness (QED) is 0.646. The number of sulfonamides is 1. The molecule has 4 nitrogen and oxygen atoms in total. The Labute approximate surface area is 146 Å². The Kier molecular flexibility index (Phi) is 5.34. The summed E-state index contributed by atoms with van der Waals surface area (Å²) in [5.74, 6) is 0. The van der Waals surface area contributed by atoms with Crippen LogP contribution in [0.1, 0.15) is 22.3 Å². The first-order valence-corrected chi connectivity index (χ1v) is 9.03. The molecule has 0 saturated carbocycles. The maximum atomic E-state index is 12.4. The van der Waals surface area contributed by atoms with E-state index in [1.165, 1.54) is 6.21 Å². The molecular weight excluding hydrogens is 355 g/mol. The fourth-order valence-corrected chi connectivity index (χ4v) is 4.03. The second kappa shape index (κ2) is 6.91. The highest BCUT2D eigenvalue weighted by atomic mass is 35.5. The van der Waals surface area contributed by atoms with Crippen LogP contribution >= 0.6 is 23.2 Å². The number of hydrazone groups is 1. The SMILES string of the molecule is Cc1cc(C)c(S(=O)(=O)N/N=C/c2cccc(Cl)c2Cl)c(C)c1. The van der Waals surface area contributed by atoms with Gasteiger partial charge in [-0.2, -0.15) is 13.5 Å². The van der Waals surface area contributed by atoms with Crippen LogP contribution in [-0.2, 0) is 10.0 Å². The van der Waals surface area contributed by atoms with E-state index >= 15 is 0 Å². The average molecular weight is 371 g/mol. The maximum Gasteiger partial charge on any atom is 0.277 e. The van der Waals surface area contributed by atoms with Crippen LogP contribution in [0.2, 0.25) is 10.0 Å². The second-order valence-corrected chi connectivity index (χ2v) is 7.61. The average Bonchev–Trinajstić information content (AvgIpc) is 2.41. The first-order valence-electron chi connectivity index (χ1n) is 6.79. The molecular formula is C16H16Cl2N2O2S. The van der Waals surface area contributed by atoms with Gasteiger partial charge in [-0.1, -0.05) is 53.0 Å². The summed E-state index contributed by atoms with van der Waals surface area (Å²) in [5.41, 5.74) is 2.88. The van der Waals surface area contributed by atoms with Gasteiger partial charge in [0, 0.05) is 5.56 Å². The van der Waals surface area contributed by atoms with E-state index in [-0.39, 0.29) is 4.90 Å². The third-order valence-electron chi connectivity index (χ3n) is 3.23. The monoisotopic (exact) mass is 370 g/mol. The summed E-state index contributed by atoms with van der Waals surface area (Å²) < 4.78 is 24.9. The van der Waals surface area contributed by atoms with Crippen LogP contribution in [0.15, 0.2) is 40.3 Å². The number of hydrogen-bond donors (Lipinski definition) is 1. The zero-order valence-electron chi connectivity index (χ0n) is 12.9. The third-order valence-corrected chi connectivity index (χ3v) is 5.59. The van der Waals surface area contributed by atoms with Crippen LogP contribution in [0, 0.1) is 20.8 Å². The van der Waals surface area contributed by atoms with Crippen molar-refractivity contribution >= 4 is 39.4 Å². The fourth-order valence-electron chi connectivity index (χ4n) is 2.42. The molecule has 0 radical (unpaired) electrons. The molecule has 0 saturated heterocycles. The summed E-state index contributed by atoms with van der Waals surface area (Å²) in [4.78, 5) is 2.45. The molecule has 0 amide bonds. The van der Waals surface area contributed by atoms with Crippen molar-refractivity contribution in [3.63, 3.8) is 0 Å². The summed E-state index contributed by atoms with van der Waals surface area (Å²) in [6.07, 6.45) is 1.32. The predicted molar refractivity (Wildman–Crippen MR) is 95.0 cm³/mol. The largest absolute Gasteiger partial charge is 0.277 e. The summed E-state index contributed by atoms with van der Waals surface area (Å²) in [6.45, 7) is 5.43. The number of nitrogens with one attached hydrogen (secondary N) is 1. The van der Waals surface area contributed by atoms with E-state index in [0.29, 0.717) is 26.7 Å². The van der Waals surface area contributed by atoms with Crippen molar-refractivity contribution in [1.82, 2.24) is 4.83 Å². The Hall–Kier alpha value is -1.56. The molecule has 122 valence electrons. The zero-order chi connectivity index (χ0) is 17.2. The van der Waals surface area contributed by atoms with Crippen molar-refractivity contribution in [2.24, 2.45) is 5.10 Å². The molecule has 0 bridgehead atoms. The van der Waals surface area contributed by atoms with Gasteiger partial charge in [0.1, 0.15) is 0 Å². The van der Waals surface area contributed by atoms with Crippen LogP contribution in [0.3, 0.4) is 0 Å². The van der Waals surface area contributed by atoms with E-state index < -0.39 is 10.0 Å². The first-order chi connectivity index (χ1) is 10.7. The molecule has 0 unspecified atom stereocenters. The van der Waals surface area contributed by atoms with E-state index in [0.717, 1.165) is 5.56 Å². The van der Waals surface area contributed by atoms with Gasteiger partial charge >= 0.3 is 0 Å². The Morgan fingerprint density at radius 3 is 2.30 bits per heavy atom. The molecule has 0 aromatic heterocycles. The molecule has 7 heteroatoms. The van der Waals surface area contributed by atoms with E-state index in [4.69, 9.17) is 23.2 Å². The number of aryl methyl sites for hydroxylation is 3. The summed E-state index contributed by atoms with van der Waals surface area (Å²) in [6, 6.07) is 8.68. The van der Waals surface area contributed by atoms with Gasteiger partial charge < -0.3 is 0 Å². The number of hydrogen-bond acceptors (Lipinski definition) is 3. The Bertz CT molecular complexity index is 855. The van der Waals surface area contributed by atoms with Crippen molar-refractivity contribution in [2.75, 3.05) is 0 Å². The lowest BCUT2D eigenvalue weighted by Crippen LogP contribution is -2.20. The minimum absolute atomic E-state index is 0.234. The first kappa shape index (κ1) is 17.8. The summed E-state index contributed by atoms with van der Waals surface area (Å²) >= 11 is 11.9. The Balaban J connectivity index is 2.29. The Morgan fingerprint density at radius 1 is 1.09 bits per heavy atom. The number of nitrogens with zero attached hydrogens (tertiary/aromatic N) is 1. The normalized spacial score (nSPS) is 11.9. The van der Waals surface area contributed by atoms with Crippen LogP contribution in [0.25, 0.3) is 0 Å². The van der Waals surface area contributed by atoms with E-state index in [1.807, 2.05) is 19.1 Å². The molecule has 0 spiro atoms. The molecule has 2 aromatic rings. The summed E-state index contributed by atoms with van der Waals surface area (Å²) in [7, 11) is -3.76. The fraction of sp³-hybridized carbons (Fsp3) is 0.188. The molecule has 23 heavy (non-hydrogen) atoms. The number of halogens is 2. The van der Waals surface area contributed by atoms with Crippen LogP contribution in [0.5, 0.6) is 0 Å². The van der Waals surface area contributed by atoms with Crippen LogP contribution in [0.4, 0.5) is 0 Å². The lowest BCUT2D eigenvalue weighted by Gasteiger charge is -2.11. The summed E-state index contributed by atoms with van der Waals surface area (Å²) in [5, 5.41) is 4.49. The molecule has 1 N–H and O–H groups in total. The number of benzene rings is 2. The van der Waals surface area contributed by atoms with Gasteiger partial charge in [0.25, 0.3) is 10.0 Å². The standard InChI is InChI=1S/C16H16Cl2N2O2S/c1-10-7-11(2)16(12(3)8-10)23(21,22)20-19-9-13-5-4-6-14(17)15(13)18/h4-9,20H,1-3H3/b19-9+. The molecule has 0 fully saturated rings. The van der Waals surface area contributed by atoms with Gasteiger partial charge in [-0.05, 0) is 38.0 Å². The molecule has 0 atom stereocenters. The maximum absolute atomic E-state index is 12.4. The molecule has 0 aliphatic heterocycles. The highest BCUT2D eigenvalue weighted by Crippen LogP contribution is 2.24. The smallest absolute Gasteiger partial charge is 0.200 e. The van der Waals surface area contributed by atoms with Crippen molar-refractivity contribution in [3.8, 4) is 0 Å². The highest BCUT2D eigenvalue weighted by molar-refractivity contribution is 7.89. The van der Waals surface area contributed by atoms with Gasteiger partial charge in [0.2, 0.25) is 0 Å². The van der Waals surface area contributed by atoms with Gasteiger partial charge in [-0.25, -0.2) is 4.83 Å².